The van der Waals surface area contributed by atoms with Crippen LogP contribution in [-0.2, 0) is 26.8 Å². The van der Waals surface area contributed by atoms with Crippen LogP contribution < -0.4 is 10.0 Å². The zero-order chi connectivity index (χ0) is 20.2. The lowest BCUT2D eigenvalue weighted by Gasteiger charge is -2.24. The van der Waals surface area contributed by atoms with Crippen LogP contribution in [0.1, 0.15) is 25.2 Å². The molecule has 146 valence electrons. The molecule has 0 unspecified atom stereocenters. The van der Waals surface area contributed by atoms with Crippen molar-refractivity contribution in [1.82, 2.24) is 4.72 Å². The zero-order valence-corrected chi connectivity index (χ0v) is 16.5. The number of nitrogens with one attached hydrogen (secondary N) is 2. The molecule has 0 bridgehead atoms. The zero-order valence-electron chi connectivity index (χ0n) is 15.7. The molecular formula is C21H22N2O4S. The highest BCUT2D eigenvalue weighted by atomic mass is 32.2. The fourth-order valence-electron chi connectivity index (χ4n) is 2.68. The van der Waals surface area contributed by atoms with Crippen LogP contribution in [0, 0.1) is 0 Å². The number of anilines is 1. The van der Waals surface area contributed by atoms with Gasteiger partial charge in [0.15, 0.2) is 0 Å². The van der Waals surface area contributed by atoms with Crippen molar-refractivity contribution in [3.63, 3.8) is 0 Å². The van der Waals surface area contributed by atoms with Gasteiger partial charge in [-0.2, -0.15) is 0 Å². The Morgan fingerprint density at radius 3 is 2.43 bits per heavy atom. The van der Waals surface area contributed by atoms with Crippen LogP contribution in [0.25, 0.3) is 0 Å². The number of carbonyl (C=O) groups excluding carboxylic acids is 1. The first-order valence-corrected chi connectivity index (χ1v) is 10.3. The van der Waals surface area contributed by atoms with Gasteiger partial charge in [-0.3, -0.25) is 4.79 Å². The van der Waals surface area contributed by atoms with Gasteiger partial charge in [0.2, 0.25) is 15.9 Å². The molecule has 6 nitrogen and oxygen atoms in total. The van der Waals surface area contributed by atoms with E-state index in [9.17, 15) is 13.2 Å². The Morgan fingerprint density at radius 1 is 1.00 bits per heavy atom. The van der Waals surface area contributed by atoms with Crippen LogP contribution in [0.2, 0.25) is 0 Å². The first kappa shape index (κ1) is 19.9. The minimum atomic E-state index is -3.74. The summed E-state index contributed by atoms with van der Waals surface area (Å²) in [4.78, 5) is 12.9. The summed E-state index contributed by atoms with van der Waals surface area (Å²) in [5.41, 5.74) is 0.513. The standard InChI is InChI=1S/C21H22N2O4S/c1-21(2,16-8-4-3-5-9-16)20(24)23-17-10-6-12-19(14-17)28(25,26)22-15-18-11-7-13-27-18/h3-14,22H,15H2,1-2H3,(H,23,24). The van der Waals surface area contributed by atoms with Crippen LogP contribution in [0.5, 0.6) is 0 Å². The molecule has 28 heavy (non-hydrogen) atoms. The molecule has 3 rings (SSSR count). The SMILES string of the molecule is CC(C)(C(=O)Nc1cccc(S(=O)(=O)NCc2ccco2)c1)c1ccccc1. The molecule has 2 aromatic carbocycles. The van der Waals surface area contributed by atoms with Gasteiger partial charge < -0.3 is 9.73 Å². The first-order valence-electron chi connectivity index (χ1n) is 8.78. The molecule has 0 aliphatic heterocycles. The Bertz CT molecular complexity index is 1040. The topological polar surface area (TPSA) is 88.4 Å². The van der Waals surface area contributed by atoms with Crippen molar-refractivity contribution >= 4 is 21.6 Å². The van der Waals surface area contributed by atoms with E-state index < -0.39 is 15.4 Å². The molecule has 0 aliphatic rings. The monoisotopic (exact) mass is 398 g/mol. The van der Waals surface area contributed by atoms with E-state index >= 15 is 0 Å². The maximum Gasteiger partial charge on any atom is 0.241 e. The van der Waals surface area contributed by atoms with E-state index in [1.165, 1.54) is 18.4 Å². The van der Waals surface area contributed by atoms with Crippen molar-refractivity contribution in [2.75, 3.05) is 5.32 Å². The van der Waals surface area contributed by atoms with Gasteiger partial charge in [0, 0.05) is 5.69 Å². The highest BCUT2D eigenvalue weighted by Crippen LogP contribution is 2.25. The third-order valence-electron chi connectivity index (χ3n) is 4.48. The molecular weight excluding hydrogens is 376 g/mol. The number of hydrogen-bond acceptors (Lipinski definition) is 4. The van der Waals surface area contributed by atoms with Crippen molar-refractivity contribution in [2.24, 2.45) is 0 Å². The number of hydrogen-bond donors (Lipinski definition) is 2. The third kappa shape index (κ3) is 4.49. The fourth-order valence-corrected chi connectivity index (χ4v) is 3.72. The van der Waals surface area contributed by atoms with E-state index in [0.29, 0.717) is 11.4 Å². The van der Waals surface area contributed by atoms with Crippen molar-refractivity contribution in [2.45, 2.75) is 30.7 Å². The van der Waals surface area contributed by atoms with Crippen LogP contribution >= 0.6 is 0 Å². The molecule has 1 aromatic heterocycles. The lowest BCUT2D eigenvalue weighted by atomic mass is 9.83. The number of carbonyl (C=O) groups is 1. The van der Waals surface area contributed by atoms with Gasteiger partial charge in [0.1, 0.15) is 5.76 Å². The van der Waals surface area contributed by atoms with Gasteiger partial charge in [0.05, 0.1) is 23.1 Å². The normalized spacial score (nSPS) is 11.9. The Hall–Kier alpha value is -2.90. The summed E-state index contributed by atoms with van der Waals surface area (Å²) in [6.45, 7) is 3.69. The maximum atomic E-state index is 12.8. The third-order valence-corrected chi connectivity index (χ3v) is 5.88. The van der Waals surface area contributed by atoms with Crippen LogP contribution in [0.4, 0.5) is 5.69 Å². The number of rotatable bonds is 7. The van der Waals surface area contributed by atoms with Gasteiger partial charge in [-0.25, -0.2) is 13.1 Å². The van der Waals surface area contributed by atoms with Crippen LogP contribution in [-0.4, -0.2) is 14.3 Å². The summed E-state index contributed by atoms with van der Waals surface area (Å²) in [6, 6.07) is 19.0. The van der Waals surface area contributed by atoms with Gasteiger partial charge in [-0.05, 0) is 49.7 Å². The predicted molar refractivity (Wildman–Crippen MR) is 107 cm³/mol. The fraction of sp³-hybridized carbons (Fsp3) is 0.190. The minimum absolute atomic E-state index is 0.0486. The molecule has 0 spiro atoms. The molecule has 0 radical (unpaired) electrons. The number of furan rings is 1. The average molecular weight is 398 g/mol. The molecule has 0 fully saturated rings. The summed E-state index contributed by atoms with van der Waals surface area (Å²) in [5.74, 6) is 0.287. The van der Waals surface area contributed by atoms with E-state index in [1.807, 2.05) is 44.2 Å². The molecule has 3 aromatic rings. The van der Waals surface area contributed by atoms with Gasteiger partial charge >= 0.3 is 0 Å². The van der Waals surface area contributed by atoms with Crippen molar-refractivity contribution in [1.29, 1.82) is 0 Å². The van der Waals surface area contributed by atoms with E-state index in [-0.39, 0.29) is 17.3 Å². The van der Waals surface area contributed by atoms with E-state index in [4.69, 9.17) is 4.42 Å². The number of benzene rings is 2. The highest BCUT2D eigenvalue weighted by molar-refractivity contribution is 7.89. The summed E-state index contributed by atoms with van der Waals surface area (Å²) < 4.78 is 32.7. The second-order valence-electron chi connectivity index (χ2n) is 6.88. The maximum absolute atomic E-state index is 12.8. The second-order valence-corrected chi connectivity index (χ2v) is 8.64. The first-order chi connectivity index (χ1) is 13.3. The van der Waals surface area contributed by atoms with Gasteiger partial charge in [0.25, 0.3) is 0 Å². The van der Waals surface area contributed by atoms with Crippen LogP contribution in [0.3, 0.4) is 0 Å². The van der Waals surface area contributed by atoms with E-state index in [2.05, 4.69) is 10.0 Å². The molecule has 0 aliphatic carbocycles. The molecule has 2 N–H and O–H groups in total. The minimum Gasteiger partial charge on any atom is -0.468 e. The Kier molecular flexibility index (Phi) is 5.67. The Morgan fingerprint density at radius 2 is 1.75 bits per heavy atom. The largest absolute Gasteiger partial charge is 0.468 e. The number of amides is 1. The highest BCUT2D eigenvalue weighted by Gasteiger charge is 2.29. The smallest absolute Gasteiger partial charge is 0.241 e. The predicted octanol–water partition coefficient (Wildman–Crippen LogP) is 3.67. The quantitative estimate of drug-likeness (QED) is 0.635. The second kappa shape index (κ2) is 8.00. The Balaban J connectivity index is 1.75. The van der Waals surface area contributed by atoms with Crippen molar-refractivity contribution in [3.05, 3.63) is 84.3 Å². The number of sulfonamides is 1. The molecule has 7 heteroatoms. The van der Waals surface area contributed by atoms with Crippen molar-refractivity contribution in [3.8, 4) is 0 Å². The van der Waals surface area contributed by atoms with Crippen LogP contribution in [0.15, 0.2) is 82.3 Å². The lowest BCUT2D eigenvalue weighted by molar-refractivity contribution is -0.120. The average Bonchev–Trinajstić information content (AvgIpc) is 3.21. The molecule has 1 heterocycles. The molecule has 0 saturated heterocycles. The van der Waals surface area contributed by atoms with Crippen molar-refractivity contribution < 1.29 is 17.6 Å². The van der Waals surface area contributed by atoms with Gasteiger partial charge in [-0.1, -0.05) is 36.4 Å². The summed E-state index contributed by atoms with van der Waals surface area (Å²) in [6.07, 6.45) is 1.48. The van der Waals surface area contributed by atoms with E-state index in [0.717, 1.165) is 5.56 Å². The summed E-state index contributed by atoms with van der Waals surface area (Å²) >= 11 is 0. The Labute approximate surface area is 164 Å². The molecule has 0 atom stereocenters. The molecule has 1 amide bonds. The summed E-state index contributed by atoms with van der Waals surface area (Å²) in [7, 11) is -3.74. The lowest BCUT2D eigenvalue weighted by Crippen LogP contribution is -2.34. The molecule has 0 saturated carbocycles. The van der Waals surface area contributed by atoms with E-state index in [1.54, 1.807) is 24.3 Å². The summed E-state index contributed by atoms with van der Waals surface area (Å²) in [5, 5.41) is 2.81. The van der Waals surface area contributed by atoms with Gasteiger partial charge in [-0.15, -0.1) is 0 Å².